The molecule has 2 N–H and O–H groups in total. The second-order valence-corrected chi connectivity index (χ2v) is 4.95. The monoisotopic (exact) mass is 273 g/mol. The average Bonchev–Trinajstić information content (AvgIpc) is 3.11. The van der Waals surface area contributed by atoms with Gasteiger partial charge in [0.2, 0.25) is 0 Å². The van der Waals surface area contributed by atoms with Crippen LogP contribution >= 0.6 is 0 Å². The molecule has 1 aromatic carbocycles. The molecule has 104 valence electrons. The summed E-state index contributed by atoms with van der Waals surface area (Å²) in [6, 6.07) is 4.93. The summed E-state index contributed by atoms with van der Waals surface area (Å²) in [5.41, 5.74) is -2.39. The van der Waals surface area contributed by atoms with Crippen LogP contribution in [0.5, 0.6) is 0 Å². The number of anilines is 1. The molecule has 3 nitrogen and oxygen atoms in total. The fourth-order valence-corrected chi connectivity index (χ4v) is 2.11. The summed E-state index contributed by atoms with van der Waals surface area (Å²) in [5, 5.41) is 11.8. The highest BCUT2D eigenvalue weighted by molar-refractivity contribution is 5.83. The lowest BCUT2D eigenvalue weighted by molar-refractivity contribution is -0.143. The van der Waals surface area contributed by atoms with Gasteiger partial charge in [0.25, 0.3) is 0 Å². The first-order valence-corrected chi connectivity index (χ1v) is 5.93. The van der Waals surface area contributed by atoms with Gasteiger partial charge in [-0.1, -0.05) is 12.1 Å². The molecule has 1 atom stereocenters. The molecular weight excluding hydrogens is 259 g/mol. The quantitative estimate of drug-likeness (QED) is 0.884. The van der Waals surface area contributed by atoms with Crippen molar-refractivity contribution >= 4 is 11.7 Å². The summed E-state index contributed by atoms with van der Waals surface area (Å²) in [5.74, 6) is -1.27. The van der Waals surface area contributed by atoms with Crippen molar-refractivity contribution in [2.45, 2.75) is 31.5 Å². The minimum Gasteiger partial charge on any atom is -0.480 e. The highest BCUT2D eigenvalue weighted by Crippen LogP contribution is 2.43. The standard InChI is InChI=1S/C13H14F3NO2/c1-12(11(18)19,8-6-7-8)17-10-5-3-2-4-9(10)13(14,15)16/h2-5,8,17H,6-7H2,1H3,(H,18,19). The first-order chi connectivity index (χ1) is 8.75. The first-order valence-electron chi connectivity index (χ1n) is 5.93. The topological polar surface area (TPSA) is 49.3 Å². The van der Waals surface area contributed by atoms with Crippen LogP contribution in [0, 0.1) is 5.92 Å². The molecule has 19 heavy (non-hydrogen) atoms. The summed E-state index contributed by atoms with van der Waals surface area (Å²) in [7, 11) is 0. The largest absolute Gasteiger partial charge is 0.480 e. The molecule has 6 heteroatoms. The van der Waals surface area contributed by atoms with E-state index in [1.54, 1.807) is 0 Å². The molecule has 1 fully saturated rings. The Bertz CT molecular complexity index is 497. The molecule has 1 aromatic rings. The van der Waals surface area contributed by atoms with Crippen LogP contribution in [0.1, 0.15) is 25.3 Å². The number of alkyl halides is 3. The number of para-hydroxylation sites is 1. The molecule has 1 saturated carbocycles. The Morgan fingerprint density at radius 2 is 1.89 bits per heavy atom. The maximum absolute atomic E-state index is 12.9. The summed E-state index contributed by atoms with van der Waals surface area (Å²) < 4.78 is 38.6. The van der Waals surface area contributed by atoms with Crippen LogP contribution in [-0.4, -0.2) is 16.6 Å². The lowest BCUT2D eigenvalue weighted by Crippen LogP contribution is -2.46. The van der Waals surface area contributed by atoms with Crippen molar-refractivity contribution in [3.63, 3.8) is 0 Å². The van der Waals surface area contributed by atoms with Crippen LogP contribution < -0.4 is 5.32 Å². The van der Waals surface area contributed by atoms with Gasteiger partial charge < -0.3 is 10.4 Å². The normalized spacial score (nSPS) is 18.7. The molecule has 1 aliphatic rings. The first kappa shape index (κ1) is 13.7. The Morgan fingerprint density at radius 1 is 1.32 bits per heavy atom. The van der Waals surface area contributed by atoms with Crippen molar-refractivity contribution in [1.82, 2.24) is 0 Å². The van der Waals surface area contributed by atoms with E-state index in [1.165, 1.54) is 25.1 Å². The number of nitrogens with one attached hydrogen (secondary N) is 1. The van der Waals surface area contributed by atoms with E-state index in [2.05, 4.69) is 5.32 Å². The van der Waals surface area contributed by atoms with Crippen molar-refractivity contribution in [1.29, 1.82) is 0 Å². The lowest BCUT2D eigenvalue weighted by atomic mass is 9.95. The summed E-state index contributed by atoms with van der Waals surface area (Å²) >= 11 is 0. The second kappa shape index (κ2) is 4.43. The molecule has 0 spiro atoms. The van der Waals surface area contributed by atoms with Crippen molar-refractivity contribution in [2.24, 2.45) is 5.92 Å². The Morgan fingerprint density at radius 3 is 2.37 bits per heavy atom. The highest BCUT2D eigenvalue weighted by Gasteiger charge is 2.48. The smallest absolute Gasteiger partial charge is 0.418 e. The van der Waals surface area contributed by atoms with Crippen LogP contribution in [0.3, 0.4) is 0 Å². The van der Waals surface area contributed by atoms with Crippen LogP contribution in [0.2, 0.25) is 0 Å². The fraction of sp³-hybridized carbons (Fsp3) is 0.462. The third kappa shape index (κ3) is 2.67. The van der Waals surface area contributed by atoms with Crippen LogP contribution in [-0.2, 0) is 11.0 Å². The summed E-state index contributed by atoms with van der Waals surface area (Å²) in [6.07, 6.45) is -3.08. The molecule has 0 heterocycles. The van der Waals surface area contributed by atoms with E-state index in [0.717, 1.165) is 6.07 Å². The van der Waals surface area contributed by atoms with E-state index in [9.17, 15) is 23.1 Å². The van der Waals surface area contributed by atoms with E-state index in [-0.39, 0.29) is 11.6 Å². The van der Waals surface area contributed by atoms with Crippen LogP contribution in [0.4, 0.5) is 18.9 Å². The van der Waals surface area contributed by atoms with Crippen molar-refractivity contribution in [2.75, 3.05) is 5.32 Å². The minimum absolute atomic E-state index is 0.133. The van der Waals surface area contributed by atoms with Crippen molar-refractivity contribution in [3.8, 4) is 0 Å². The number of aliphatic carboxylic acids is 1. The minimum atomic E-state index is -4.51. The predicted molar refractivity (Wildman–Crippen MR) is 63.8 cm³/mol. The van der Waals surface area contributed by atoms with Gasteiger partial charge in [-0.2, -0.15) is 13.2 Å². The van der Waals surface area contributed by atoms with Gasteiger partial charge in [0.05, 0.1) is 5.56 Å². The number of benzene rings is 1. The van der Waals surface area contributed by atoms with Gasteiger partial charge in [-0.05, 0) is 37.8 Å². The molecule has 0 amide bonds. The number of carboxylic acids is 1. The Hall–Kier alpha value is -1.72. The van der Waals surface area contributed by atoms with E-state index in [0.29, 0.717) is 12.8 Å². The number of rotatable bonds is 4. The third-order valence-electron chi connectivity index (χ3n) is 3.46. The molecule has 0 aromatic heterocycles. The summed E-state index contributed by atoms with van der Waals surface area (Å²) in [4.78, 5) is 11.3. The zero-order valence-electron chi connectivity index (χ0n) is 10.3. The fourth-order valence-electron chi connectivity index (χ4n) is 2.11. The molecular formula is C13H14F3NO2. The molecule has 0 radical (unpaired) electrons. The molecule has 1 unspecified atom stereocenters. The number of carboxylic acid groups (broad SMARTS) is 1. The van der Waals surface area contributed by atoms with Gasteiger partial charge >= 0.3 is 12.1 Å². The Kier molecular flexibility index (Phi) is 3.20. The second-order valence-electron chi connectivity index (χ2n) is 4.95. The SMILES string of the molecule is CC(Nc1ccccc1C(F)(F)F)(C(=O)O)C1CC1. The number of carbonyl (C=O) groups is 1. The van der Waals surface area contributed by atoms with Gasteiger partial charge in [-0.3, -0.25) is 0 Å². The third-order valence-corrected chi connectivity index (χ3v) is 3.46. The van der Waals surface area contributed by atoms with E-state index in [4.69, 9.17) is 0 Å². The Balaban J connectivity index is 2.35. The summed E-state index contributed by atoms with van der Waals surface area (Å²) in [6.45, 7) is 1.43. The molecule has 2 rings (SSSR count). The van der Waals surface area contributed by atoms with Gasteiger partial charge in [-0.15, -0.1) is 0 Å². The maximum atomic E-state index is 12.9. The molecule has 1 aliphatic carbocycles. The van der Waals surface area contributed by atoms with Crippen LogP contribution in [0.15, 0.2) is 24.3 Å². The molecule has 0 saturated heterocycles. The number of halogens is 3. The number of hydrogen-bond donors (Lipinski definition) is 2. The Labute approximate surface area is 108 Å². The average molecular weight is 273 g/mol. The maximum Gasteiger partial charge on any atom is 0.418 e. The zero-order valence-corrected chi connectivity index (χ0v) is 10.3. The van der Waals surface area contributed by atoms with Crippen molar-refractivity contribution in [3.05, 3.63) is 29.8 Å². The lowest BCUT2D eigenvalue weighted by Gasteiger charge is -2.29. The van der Waals surface area contributed by atoms with Gasteiger partial charge in [-0.25, -0.2) is 4.79 Å². The van der Waals surface area contributed by atoms with Gasteiger partial charge in [0.15, 0.2) is 0 Å². The van der Waals surface area contributed by atoms with E-state index >= 15 is 0 Å². The predicted octanol–water partition coefficient (Wildman–Crippen LogP) is 3.37. The van der Waals surface area contributed by atoms with Crippen LogP contribution in [0.25, 0.3) is 0 Å². The van der Waals surface area contributed by atoms with Gasteiger partial charge in [0.1, 0.15) is 5.54 Å². The highest BCUT2D eigenvalue weighted by atomic mass is 19.4. The zero-order chi connectivity index (χ0) is 14.3. The van der Waals surface area contributed by atoms with Gasteiger partial charge in [0, 0.05) is 5.69 Å². The van der Waals surface area contributed by atoms with Crippen molar-refractivity contribution < 1.29 is 23.1 Å². The van der Waals surface area contributed by atoms with E-state index in [1.807, 2.05) is 0 Å². The molecule has 0 bridgehead atoms. The number of hydrogen-bond acceptors (Lipinski definition) is 2. The molecule has 0 aliphatic heterocycles. The van der Waals surface area contributed by atoms with E-state index < -0.39 is 23.2 Å².